The summed E-state index contributed by atoms with van der Waals surface area (Å²) in [5.74, 6) is 0. The molecule has 0 aromatic heterocycles. The van der Waals surface area contributed by atoms with Gasteiger partial charge in [0.1, 0.15) is 0 Å². The van der Waals surface area contributed by atoms with E-state index in [4.69, 9.17) is 0 Å². The summed E-state index contributed by atoms with van der Waals surface area (Å²) >= 11 is 0. The third-order valence-corrected chi connectivity index (χ3v) is 12.3. The lowest BCUT2D eigenvalue weighted by Gasteiger charge is -2.23. The van der Waals surface area contributed by atoms with Gasteiger partial charge in [0.15, 0.2) is 0 Å². The monoisotopic (exact) mass is 202 g/mol. The standard InChI is InChI=1S/C10H20P2/c1-8-11(9(2,3)4)12(8)10(5,6)7/h1H2,2-7H3. The van der Waals surface area contributed by atoms with Gasteiger partial charge in [-0.25, -0.2) is 0 Å². The Morgan fingerprint density at radius 3 is 1.17 bits per heavy atom. The van der Waals surface area contributed by atoms with Crippen molar-refractivity contribution in [1.29, 1.82) is 0 Å². The van der Waals surface area contributed by atoms with Crippen LogP contribution in [0.4, 0.5) is 0 Å². The summed E-state index contributed by atoms with van der Waals surface area (Å²) in [5, 5.41) is 2.61. The summed E-state index contributed by atoms with van der Waals surface area (Å²) < 4.78 is 0. The van der Waals surface area contributed by atoms with E-state index in [0.29, 0.717) is 10.3 Å². The molecule has 0 N–H and O–H groups in total. The fraction of sp³-hybridized carbons (Fsp3) is 0.800. The first-order valence-electron chi connectivity index (χ1n) is 4.45. The van der Waals surface area contributed by atoms with Gasteiger partial charge in [-0.05, 0) is 30.6 Å². The van der Waals surface area contributed by atoms with Crippen LogP contribution in [0, 0.1) is 0 Å². The second-order valence-electron chi connectivity index (χ2n) is 5.38. The Kier molecular flexibility index (Phi) is 2.49. The van der Waals surface area contributed by atoms with Gasteiger partial charge in [0.05, 0.1) is 0 Å². The molecule has 70 valence electrons. The molecule has 0 spiro atoms. The first kappa shape index (κ1) is 10.7. The van der Waals surface area contributed by atoms with Gasteiger partial charge in [-0.15, -0.1) is 0 Å². The average molecular weight is 202 g/mol. The number of hydrogen-bond acceptors (Lipinski definition) is 0. The summed E-state index contributed by atoms with van der Waals surface area (Å²) in [6.07, 6.45) is 0. The van der Waals surface area contributed by atoms with Gasteiger partial charge >= 0.3 is 0 Å². The Hall–Kier alpha value is 0.600. The van der Waals surface area contributed by atoms with Crippen LogP contribution in [0.2, 0.25) is 0 Å². The van der Waals surface area contributed by atoms with Crippen LogP contribution in [0.15, 0.2) is 11.6 Å². The van der Waals surface area contributed by atoms with E-state index >= 15 is 0 Å². The lowest BCUT2D eigenvalue weighted by Crippen LogP contribution is -2.07. The lowest BCUT2D eigenvalue weighted by atomic mass is 10.3. The van der Waals surface area contributed by atoms with Crippen LogP contribution in [0.5, 0.6) is 0 Å². The van der Waals surface area contributed by atoms with E-state index in [-0.39, 0.29) is 15.2 Å². The molecule has 2 unspecified atom stereocenters. The molecule has 1 aliphatic heterocycles. The van der Waals surface area contributed by atoms with Crippen LogP contribution in [-0.2, 0) is 0 Å². The predicted molar refractivity (Wildman–Crippen MR) is 62.5 cm³/mol. The molecule has 0 aromatic carbocycles. The molecular formula is C10H20P2. The van der Waals surface area contributed by atoms with Gasteiger partial charge in [-0.2, -0.15) is 0 Å². The Morgan fingerprint density at radius 1 is 0.833 bits per heavy atom. The van der Waals surface area contributed by atoms with Gasteiger partial charge in [0.2, 0.25) is 0 Å². The molecule has 2 atom stereocenters. The minimum absolute atomic E-state index is 0.166. The van der Waals surface area contributed by atoms with E-state index in [2.05, 4.69) is 48.1 Å². The molecule has 0 saturated carbocycles. The Bertz CT molecular complexity index is 183. The van der Waals surface area contributed by atoms with E-state index < -0.39 is 0 Å². The third kappa shape index (κ3) is 1.91. The van der Waals surface area contributed by atoms with Crippen molar-refractivity contribution in [3.63, 3.8) is 0 Å². The summed E-state index contributed by atoms with van der Waals surface area (Å²) in [6, 6.07) is 0. The van der Waals surface area contributed by atoms with Crippen molar-refractivity contribution in [2.75, 3.05) is 0 Å². The normalized spacial score (nSPS) is 30.7. The minimum atomic E-state index is 0.166. The Labute approximate surface area is 79.2 Å². The quantitative estimate of drug-likeness (QED) is 0.487. The maximum Gasteiger partial charge on any atom is -0.00973 e. The summed E-state index contributed by atoms with van der Waals surface area (Å²) in [7, 11) is 0.332. The Morgan fingerprint density at radius 2 is 1.08 bits per heavy atom. The maximum absolute atomic E-state index is 4.22. The zero-order chi connectivity index (χ0) is 9.73. The second kappa shape index (κ2) is 2.79. The molecule has 1 aliphatic rings. The molecule has 1 rings (SSSR count). The molecule has 0 aromatic rings. The van der Waals surface area contributed by atoms with Crippen LogP contribution >= 0.6 is 15.2 Å². The second-order valence-corrected chi connectivity index (χ2v) is 13.1. The average Bonchev–Trinajstić information content (AvgIpc) is 2.35. The van der Waals surface area contributed by atoms with Gasteiger partial charge in [-0.1, -0.05) is 48.1 Å². The smallest absolute Gasteiger partial charge is 0.00973 e. The van der Waals surface area contributed by atoms with Crippen molar-refractivity contribution in [3.05, 3.63) is 11.6 Å². The number of rotatable bonds is 0. The molecule has 12 heavy (non-hydrogen) atoms. The minimum Gasteiger partial charge on any atom is -0.0901 e. The highest BCUT2D eigenvalue weighted by Crippen LogP contribution is 3.05. The van der Waals surface area contributed by atoms with E-state index in [1.54, 1.807) is 5.06 Å². The van der Waals surface area contributed by atoms with Crippen LogP contribution < -0.4 is 0 Å². The van der Waals surface area contributed by atoms with Crippen LogP contribution in [0.1, 0.15) is 41.5 Å². The molecule has 1 fully saturated rings. The topological polar surface area (TPSA) is 0 Å². The highest BCUT2D eigenvalue weighted by molar-refractivity contribution is 8.52. The van der Waals surface area contributed by atoms with Crippen molar-refractivity contribution < 1.29 is 0 Å². The molecular weight excluding hydrogens is 182 g/mol. The van der Waals surface area contributed by atoms with Gasteiger partial charge in [0.25, 0.3) is 0 Å². The lowest BCUT2D eigenvalue weighted by molar-refractivity contribution is 0.788. The Balaban J connectivity index is 2.73. The van der Waals surface area contributed by atoms with Crippen molar-refractivity contribution in [2.24, 2.45) is 0 Å². The van der Waals surface area contributed by atoms with E-state index in [1.165, 1.54) is 0 Å². The van der Waals surface area contributed by atoms with Gasteiger partial charge < -0.3 is 0 Å². The molecule has 2 heteroatoms. The highest BCUT2D eigenvalue weighted by atomic mass is 32.1. The number of hydrogen-bond donors (Lipinski definition) is 0. The molecule has 1 saturated heterocycles. The summed E-state index contributed by atoms with van der Waals surface area (Å²) in [6.45, 7) is 18.4. The molecule has 0 amide bonds. The third-order valence-electron chi connectivity index (χ3n) is 1.92. The van der Waals surface area contributed by atoms with Crippen molar-refractivity contribution in [3.8, 4) is 0 Å². The predicted octanol–water partition coefficient (Wildman–Crippen LogP) is 4.95. The molecule has 0 nitrogen and oxygen atoms in total. The molecule has 0 radical (unpaired) electrons. The zero-order valence-corrected chi connectivity index (χ0v) is 10.9. The van der Waals surface area contributed by atoms with E-state index in [0.717, 1.165) is 0 Å². The van der Waals surface area contributed by atoms with Crippen LogP contribution in [0.25, 0.3) is 0 Å². The van der Waals surface area contributed by atoms with Crippen molar-refractivity contribution >= 4 is 15.2 Å². The van der Waals surface area contributed by atoms with Gasteiger partial charge in [-0.3, -0.25) is 0 Å². The van der Waals surface area contributed by atoms with Gasteiger partial charge in [0, 0.05) is 0 Å². The fourth-order valence-electron chi connectivity index (χ4n) is 1.55. The van der Waals surface area contributed by atoms with Crippen LogP contribution in [-0.4, -0.2) is 10.3 Å². The summed E-state index contributed by atoms with van der Waals surface area (Å²) in [4.78, 5) is 0. The first-order chi connectivity index (χ1) is 5.15. The maximum atomic E-state index is 4.22. The fourth-order valence-corrected chi connectivity index (χ4v) is 11.9. The largest absolute Gasteiger partial charge is 0.0901 e. The van der Waals surface area contributed by atoms with Crippen LogP contribution in [0.3, 0.4) is 0 Å². The first-order valence-corrected chi connectivity index (χ1v) is 7.84. The van der Waals surface area contributed by atoms with E-state index in [9.17, 15) is 0 Å². The van der Waals surface area contributed by atoms with E-state index in [1.807, 2.05) is 0 Å². The highest BCUT2D eigenvalue weighted by Gasteiger charge is 2.54. The molecule has 0 aliphatic carbocycles. The van der Waals surface area contributed by atoms with Crippen molar-refractivity contribution in [1.82, 2.24) is 0 Å². The molecule has 0 bridgehead atoms. The SMILES string of the molecule is C=C1P(C(C)(C)C)P1C(C)(C)C. The molecule has 1 heterocycles. The zero-order valence-electron chi connectivity index (χ0n) is 9.10. The van der Waals surface area contributed by atoms with Crippen molar-refractivity contribution in [2.45, 2.75) is 51.9 Å². The summed E-state index contributed by atoms with van der Waals surface area (Å²) in [5.41, 5.74) is 0.